The first kappa shape index (κ1) is 15.2. The largest absolute Gasteiger partial charge is 0.378 e. The number of carbonyl (C=O) groups excluding carboxylic acids is 1. The molecule has 1 aliphatic rings. The summed E-state index contributed by atoms with van der Waals surface area (Å²) in [6.07, 6.45) is 1.82. The molecular weight excluding hydrogens is 306 g/mol. The van der Waals surface area contributed by atoms with E-state index in [1.165, 1.54) is 4.90 Å². The molecule has 1 heterocycles. The maximum absolute atomic E-state index is 12.6. The van der Waals surface area contributed by atoms with Crippen molar-refractivity contribution in [3.8, 4) is 0 Å². The lowest BCUT2D eigenvalue weighted by Crippen LogP contribution is -2.30. The Morgan fingerprint density at radius 1 is 1.04 bits per heavy atom. The van der Waals surface area contributed by atoms with Crippen LogP contribution in [0.2, 0.25) is 0 Å². The molecule has 1 N–H and O–H groups in total. The van der Waals surface area contributed by atoms with Crippen LogP contribution in [0.4, 0.5) is 11.4 Å². The van der Waals surface area contributed by atoms with Gasteiger partial charge in [0.1, 0.15) is 5.70 Å². The Labute approximate surface area is 141 Å². The first-order valence-electron chi connectivity index (χ1n) is 7.26. The summed E-state index contributed by atoms with van der Waals surface area (Å²) in [5.74, 6) is -0.141. The SMILES string of the molecule is CN(C)c1ccc(/C=C2\NC(=S)N(c3ccccc3)C2=O)cc1. The number of nitrogens with zero attached hydrogens (tertiary/aromatic N) is 2. The van der Waals surface area contributed by atoms with Crippen LogP contribution in [-0.4, -0.2) is 25.1 Å². The maximum Gasteiger partial charge on any atom is 0.281 e. The van der Waals surface area contributed by atoms with Crippen molar-refractivity contribution in [3.05, 3.63) is 65.9 Å². The summed E-state index contributed by atoms with van der Waals surface area (Å²) in [6.45, 7) is 0. The Morgan fingerprint density at radius 3 is 2.30 bits per heavy atom. The van der Waals surface area contributed by atoms with Gasteiger partial charge in [-0.1, -0.05) is 30.3 Å². The van der Waals surface area contributed by atoms with Crippen molar-refractivity contribution in [2.75, 3.05) is 23.9 Å². The number of benzene rings is 2. The van der Waals surface area contributed by atoms with Gasteiger partial charge in [0.15, 0.2) is 5.11 Å². The van der Waals surface area contributed by atoms with Crippen molar-refractivity contribution < 1.29 is 4.79 Å². The Kier molecular flexibility index (Phi) is 4.12. The fourth-order valence-corrected chi connectivity index (χ4v) is 2.68. The van der Waals surface area contributed by atoms with Crippen LogP contribution in [0.15, 0.2) is 60.3 Å². The van der Waals surface area contributed by atoms with Crippen LogP contribution >= 0.6 is 12.2 Å². The third-order valence-electron chi connectivity index (χ3n) is 3.61. The quantitative estimate of drug-likeness (QED) is 0.696. The molecule has 2 aromatic carbocycles. The molecule has 0 bridgehead atoms. The number of nitrogens with one attached hydrogen (secondary N) is 1. The molecule has 2 aromatic rings. The topological polar surface area (TPSA) is 35.6 Å². The molecule has 0 atom stereocenters. The summed E-state index contributed by atoms with van der Waals surface area (Å²) >= 11 is 5.29. The van der Waals surface area contributed by atoms with Gasteiger partial charge in [0.05, 0.1) is 5.69 Å². The van der Waals surface area contributed by atoms with Crippen LogP contribution in [0.5, 0.6) is 0 Å². The smallest absolute Gasteiger partial charge is 0.281 e. The highest BCUT2D eigenvalue weighted by molar-refractivity contribution is 7.80. The third kappa shape index (κ3) is 3.10. The molecule has 1 amide bonds. The van der Waals surface area contributed by atoms with Crippen LogP contribution in [0.25, 0.3) is 6.08 Å². The molecule has 1 aliphatic heterocycles. The van der Waals surface area contributed by atoms with Gasteiger partial charge >= 0.3 is 0 Å². The van der Waals surface area contributed by atoms with E-state index in [0.717, 1.165) is 16.9 Å². The molecule has 0 aliphatic carbocycles. The number of amides is 1. The van der Waals surface area contributed by atoms with E-state index >= 15 is 0 Å². The van der Waals surface area contributed by atoms with Crippen molar-refractivity contribution in [1.29, 1.82) is 0 Å². The van der Waals surface area contributed by atoms with Crippen LogP contribution in [0.1, 0.15) is 5.56 Å². The van der Waals surface area contributed by atoms with Crippen molar-refractivity contribution in [1.82, 2.24) is 5.32 Å². The minimum Gasteiger partial charge on any atom is -0.378 e. The second kappa shape index (κ2) is 6.22. The highest BCUT2D eigenvalue weighted by Crippen LogP contribution is 2.22. The van der Waals surface area contributed by atoms with Gasteiger partial charge in [-0.3, -0.25) is 9.69 Å². The van der Waals surface area contributed by atoms with E-state index in [0.29, 0.717) is 10.8 Å². The molecule has 23 heavy (non-hydrogen) atoms. The molecule has 116 valence electrons. The minimum atomic E-state index is -0.141. The van der Waals surface area contributed by atoms with Gasteiger partial charge in [-0.25, -0.2) is 0 Å². The standard InChI is InChI=1S/C18H17N3OS/c1-20(2)14-10-8-13(9-11-14)12-16-17(22)21(18(23)19-16)15-6-4-3-5-7-15/h3-12H,1-2H3,(H,19,23)/b16-12-. The Bertz CT molecular complexity index is 767. The summed E-state index contributed by atoms with van der Waals surface area (Å²) in [5.41, 5.74) is 3.31. The van der Waals surface area contributed by atoms with Crippen LogP contribution in [0, 0.1) is 0 Å². The number of hydrogen-bond acceptors (Lipinski definition) is 3. The molecule has 0 unspecified atom stereocenters. The van der Waals surface area contributed by atoms with E-state index in [9.17, 15) is 4.79 Å². The van der Waals surface area contributed by atoms with E-state index < -0.39 is 0 Å². The van der Waals surface area contributed by atoms with Gasteiger partial charge in [0.25, 0.3) is 5.91 Å². The number of para-hydroxylation sites is 1. The Morgan fingerprint density at radius 2 is 1.70 bits per heavy atom. The molecule has 0 radical (unpaired) electrons. The zero-order valence-electron chi connectivity index (χ0n) is 13.0. The summed E-state index contributed by atoms with van der Waals surface area (Å²) in [5, 5.41) is 3.40. The summed E-state index contributed by atoms with van der Waals surface area (Å²) < 4.78 is 0. The molecular formula is C18H17N3OS. The normalized spacial score (nSPS) is 15.9. The molecule has 1 saturated heterocycles. The fourth-order valence-electron chi connectivity index (χ4n) is 2.38. The maximum atomic E-state index is 12.6. The van der Waals surface area contributed by atoms with E-state index in [1.807, 2.05) is 79.7 Å². The minimum absolute atomic E-state index is 0.141. The second-order valence-corrected chi connectivity index (χ2v) is 5.84. The summed E-state index contributed by atoms with van der Waals surface area (Å²) in [4.78, 5) is 16.1. The molecule has 1 fully saturated rings. The molecule has 0 saturated carbocycles. The molecule has 3 rings (SSSR count). The zero-order chi connectivity index (χ0) is 16.4. The van der Waals surface area contributed by atoms with Crippen molar-refractivity contribution in [2.24, 2.45) is 0 Å². The monoisotopic (exact) mass is 323 g/mol. The summed E-state index contributed by atoms with van der Waals surface area (Å²) in [6, 6.07) is 17.4. The lowest BCUT2D eigenvalue weighted by molar-refractivity contribution is -0.113. The fraction of sp³-hybridized carbons (Fsp3) is 0.111. The highest BCUT2D eigenvalue weighted by atomic mass is 32.1. The van der Waals surface area contributed by atoms with E-state index in [4.69, 9.17) is 12.2 Å². The van der Waals surface area contributed by atoms with Gasteiger partial charge in [-0.05, 0) is 48.1 Å². The van der Waals surface area contributed by atoms with Gasteiger partial charge in [-0.2, -0.15) is 0 Å². The predicted octanol–water partition coefficient (Wildman–Crippen LogP) is 3.01. The second-order valence-electron chi connectivity index (χ2n) is 5.45. The Balaban J connectivity index is 1.87. The zero-order valence-corrected chi connectivity index (χ0v) is 13.8. The van der Waals surface area contributed by atoms with Gasteiger partial charge in [0.2, 0.25) is 0 Å². The van der Waals surface area contributed by atoms with E-state index in [2.05, 4.69) is 5.32 Å². The number of thiocarbonyl (C=S) groups is 1. The van der Waals surface area contributed by atoms with Crippen LogP contribution < -0.4 is 15.1 Å². The average Bonchev–Trinajstić information content (AvgIpc) is 2.82. The van der Waals surface area contributed by atoms with Crippen molar-refractivity contribution >= 4 is 40.7 Å². The van der Waals surface area contributed by atoms with Gasteiger partial charge < -0.3 is 10.2 Å². The van der Waals surface area contributed by atoms with Crippen molar-refractivity contribution in [3.63, 3.8) is 0 Å². The number of hydrogen-bond donors (Lipinski definition) is 1. The molecule has 4 nitrogen and oxygen atoms in total. The average molecular weight is 323 g/mol. The Hall–Kier alpha value is -2.66. The van der Waals surface area contributed by atoms with E-state index in [1.54, 1.807) is 0 Å². The summed E-state index contributed by atoms with van der Waals surface area (Å²) in [7, 11) is 3.98. The van der Waals surface area contributed by atoms with Crippen molar-refractivity contribution in [2.45, 2.75) is 0 Å². The number of anilines is 2. The molecule has 5 heteroatoms. The first-order valence-corrected chi connectivity index (χ1v) is 7.66. The lowest BCUT2D eigenvalue weighted by Gasteiger charge is -2.13. The van der Waals surface area contributed by atoms with Gasteiger partial charge in [-0.15, -0.1) is 0 Å². The van der Waals surface area contributed by atoms with Crippen LogP contribution in [0.3, 0.4) is 0 Å². The number of rotatable bonds is 3. The first-order chi connectivity index (χ1) is 11.1. The number of carbonyl (C=O) groups is 1. The predicted molar refractivity (Wildman–Crippen MR) is 98.4 cm³/mol. The van der Waals surface area contributed by atoms with Crippen LogP contribution in [-0.2, 0) is 4.79 Å². The van der Waals surface area contributed by atoms with Gasteiger partial charge in [0, 0.05) is 19.8 Å². The third-order valence-corrected chi connectivity index (χ3v) is 3.90. The molecule has 0 spiro atoms. The highest BCUT2D eigenvalue weighted by Gasteiger charge is 2.31. The van der Waals surface area contributed by atoms with E-state index in [-0.39, 0.29) is 5.91 Å². The molecule has 0 aromatic heterocycles. The lowest BCUT2D eigenvalue weighted by atomic mass is 10.1.